The first-order chi connectivity index (χ1) is 70.0. The highest BCUT2D eigenvalue weighted by atomic mass is 16.8. The van der Waals surface area contributed by atoms with Gasteiger partial charge in [-0.3, -0.25) is 0 Å². The predicted molar refractivity (Wildman–Crippen MR) is 495 cm³/mol. The molecule has 17 bridgehead atoms. The Hall–Kier alpha value is -12.1. The molecular weight excluding hydrogens is 1960 g/mol. The van der Waals surface area contributed by atoms with Crippen LogP contribution < -0.4 is 35.2 Å². The summed E-state index contributed by atoms with van der Waals surface area (Å²) in [5.74, 6) is -16.6. The number of methoxy groups -OCH3 is 1. The van der Waals surface area contributed by atoms with Crippen molar-refractivity contribution >= 4 is 41.4 Å². The maximum Gasteiger partial charge on any atom is 0.335 e. The molecule has 37 unspecified atom stereocenters. The van der Waals surface area contributed by atoms with Crippen LogP contribution in [0.1, 0.15) is 107 Å². The number of rotatable bonds is 17. The molecule has 0 saturated carbocycles. The van der Waals surface area contributed by atoms with Gasteiger partial charge >= 0.3 is 5.97 Å². The molecule has 794 valence electrons. The number of benzene rings is 7. The predicted octanol–water partition coefficient (Wildman–Crippen LogP) is -1.46. The third-order valence-electron chi connectivity index (χ3n) is 26.8. The van der Waals surface area contributed by atoms with E-state index in [0.717, 1.165) is 67.8 Å². The highest BCUT2D eigenvalue weighted by Crippen LogP contribution is 2.53. The number of carbonyl (C=O) groups excluding carboxylic acids is 1. The topological polar surface area (TPSA) is 837 Å². The van der Waals surface area contributed by atoms with Crippen molar-refractivity contribution in [1.29, 1.82) is 0 Å². The standard InChI is InChI=1S/C95H110N8O44/c1-30-47(110)18-37-20-48(30)138-49-19-35(9-16-46(49)109)59(97)84(125)102-64-68(113)33-5-11-40(12-6-33)136-51-21-38-22-52(81(51)145-95-83(76(121)72(117)56(143-95)29-133-91-78(123)73(118)67(112)32(3)135-91)147-94-82(75(120)70(115)54(27-105)142-94)146-93-77(122)71(116)55(28-106)141-93)137-41-13-7-34(8-14-41)80(144-57-25-44(96)66(111)31(2)134-57)65-89(130)101-63(90(131)132-4)43-23-39(107)24-50(139-92-79(124)74(119)69(114)53(26-104)140-92)58(43)42-17-36(10-15-45(42)108)60(85(126)103-65)98-87(128)62(38)99-86(127)61(37)100-88(64)129/h5-24,31-32,44,53-57,59-80,82-83,91-95,104-124H,25-29,96-97H2,1-4H3,(H,98,128)(H,99,127)(H,100,129)(H,101,130)(H,102,125)(H,103,126). The smallest absolute Gasteiger partial charge is 0.335 e. The molecule has 147 heavy (non-hydrogen) atoms. The number of hydrogen-bond acceptors (Lipinski definition) is 46. The second-order valence-electron chi connectivity index (χ2n) is 36.5. The molecule has 0 amide bonds. The van der Waals surface area contributed by atoms with Crippen molar-refractivity contribution in [3.8, 4) is 80.1 Å². The van der Waals surface area contributed by atoms with Crippen LogP contribution in [0.25, 0.3) is 11.1 Å². The number of nitrogens with zero attached hydrogens (tertiary/aromatic N) is 6. The van der Waals surface area contributed by atoms with E-state index in [-0.39, 0.29) is 51.7 Å². The van der Waals surface area contributed by atoms with Crippen molar-refractivity contribution in [2.45, 2.75) is 254 Å². The van der Waals surface area contributed by atoms with Gasteiger partial charge < -0.3 is 225 Å². The van der Waals surface area contributed by atoms with E-state index in [1.165, 1.54) is 81.4 Å². The van der Waals surface area contributed by atoms with Crippen molar-refractivity contribution in [3.05, 3.63) is 166 Å². The van der Waals surface area contributed by atoms with Gasteiger partial charge in [-0.1, -0.05) is 36.4 Å². The number of aliphatic hydroxyl groups is 23. The molecule has 6 fully saturated rings. The normalized spacial score (nSPS) is 36.1. The molecule has 7 aromatic carbocycles. The molecule has 52 heteroatoms. The zero-order valence-electron chi connectivity index (χ0n) is 77.8. The first kappa shape index (κ1) is 106. The lowest BCUT2D eigenvalue weighted by Gasteiger charge is -2.47. The van der Waals surface area contributed by atoms with E-state index >= 15 is 0 Å². The summed E-state index contributed by atoms with van der Waals surface area (Å²) in [6.45, 7) is 0.0228. The number of aliphatic hydroxyl groups excluding tert-OH is 23. The van der Waals surface area contributed by atoms with Gasteiger partial charge in [0.25, 0.3) is 0 Å². The number of nitrogens with two attached hydrogens (primary N) is 2. The van der Waals surface area contributed by atoms with Gasteiger partial charge in [0, 0.05) is 40.8 Å². The molecule has 37 atom stereocenters. The number of aliphatic imine (C=N–C) groups is 6. The van der Waals surface area contributed by atoms with Crippen LogP contribution in [-0.2, 0) is 56.9 Å². The van der Waals surface area contributed by atoms with Gasteiger partial charge in [0.2, 0.25) is 53.7 Å². The molecule has 0 aromatic heterocycles. The lowest BCUT2D eigenvalue weighted by atomic mass is 9.90. The van der Waals surface area contributed by atoms with E-state index in [4.69, 9.17) is 97.2 Å². The highest BCUT2D eigenvalue weighted by Gasteiger charge is 2.57. The summed E-state index contributed by atoms with van der Waals surface area (Å²) >= 11 is 0. The number of ether oxygens (including phenoxy) is 16. The zero-order valence-corrected chi connectivity index (χ0v) is 77.8. The Kier molecular flexibility index (Phi) is 31.5. The van der Waals surface area contributed by atoms with Crippen LogP contribution in [0.4, 0.5) is 0 Å². The van der Waals surface area contributed by atoms with Crippen LogP contribution in [0.2, 0.25) is 0 Å². The third kappa shape index (κ3) is 21.3. The minimum Gasteiger partial charge on any atom is -0.508 e. The van der Waals surface area contributed by atoms with Crippen molar-refractivity contribution in [2.24, 2.45) is 41.4 Å². The average molecular weight is 2070 g/mol. The van der Waals surface area contributed by atoms with Crippen molar-refractivity contribution in [2.75, 3.05) is 33.5 Å². The molecule has 12 aliphatic heterocycles. The number of esters is 1. The van der Waals surface area contributed by atoms with Gasteiger partial charge in [0.1, 0.15) is 162 Å². The Morgan fingerprint density at radius 1 is 0.401 bits per heavy atom. The first-order valence-corrected chi connectivity index (χ1v) is 46.2. The minimum absolute atomic E-state index is 0.0145. The molecule has 0 aliphatic carbocycles. The fraction of sp³-hybridized carbons (Fsp3) is 0.484. The van der Waals surface area contributed by atoms with E-state index in [9.17, 15) is 143 Å². The lowest BCUT2D eigenvalue weighted by Crippen LogP contribution is -2.66. The summed E-state index contributed by atoms with van der Waals surface area (Å²) in [5, 5.41) is 321. The second-order valence-corrected chi connectivity index (χ2v) is 36.5. The highest BCUT2D eigenvalue weighted by molar-refractivity contribution is 5.96. The van der Waals surface area contributed by atoms with E-state index in [1.54, 1.807) is 0 Å². The fourth-order valence-corrected chi connectivity index (χ4v) is 18.4. The number of fused-ring (bicyclic) bond motifs is 12. The summed E-state index contributed by atoms with van der Waals surface area (Å²) in [4.78, 5) is 42.4. The van der Waals surface area contributed by atoms with E-state index < -0.39 is 374 Å². The molecule has 0 spiro atoms. The Morgan fingerprint density at radius 3 is 1.52 bits per heavy atom. The minimum atomic E-state index is -2.59. The summed E-state index contributed by atoms with van der Waals surface area (Å²) in [7, 11) is 0.881. The SMILES string of the molecule is COC(=O)C1N=C(O)C2N=C(O)C(N=C(O)C3N=C(O)C4N=C(O)C(N=C(O)C(N)c5ccc(O)c(c5)Oc5cc4cc(O)c5C)C(O)c4ccc(cc4)Oc4cc3cc(c4OC3OC(COC4OC(C)C(O)C(O)C4O)C(O)C(O)C3OC3OC(CO)C(O)C(O)C3OC3OC(CO)C(O)C3O)Oc3ccc(cc3)C2OC2CC(N)C(O)C(C)O2)c2ccc(O)c(c2)-c2c(OC3OC(CO)C(O)C(O)C3O)cc(O)cc21. The summed E-state index contributed by atoms with van der Waals surface area (Å²) in [5.41, 5.74) is 9.56. The number of carbonyl (C=O) groups is 1. The summed E-state index contributed by atoms with van der Waals surface area (Å²) in [6, 6.07) is 4.86. The van der Waals surface area contributed by atoms with Gasteiger partial charge in [-0.2, -0.15) is 0 Å². The van der Waals surface area contributed by atoms with Gasteiger partial charge in [-0.05, 0) is 133 Å². The van der Waals surface area contributed by atoms with Crippen LogP contribution in [0.5, 0.6) is 69.0 Å². The fourth-order valence-electron chi connectivity index (χ4n) is 18.4. The monoisotopic (exact) mass is 2070 g/mol. The Bertz CT molecular complexity index is 6110. The van der Waals surface area contributed by atoms with Crippen LogP contribution in [0.3, 0.4) is 0 Å². The van der Waals surface area contributed by atoms with Crippen LogP contribution in [0.15, 0.2) is 151 Å². The maximum atomic E-state index is 14.9. The van der Waals surface area contributed by atoms with Crippen LogP contribution in [-0.4, -0.2) is 397 Å². The molecule has 7 aromatic rings. The van der Waals surface area contributed by atoms with Crippen molar-refractivity contribution in [1.82, 2.24) is 0 Å². The average Bonchev–Trinajstić information content (AvgIpc) is 1.05. The third-order valence-corrected chi connectivity index (χ3v) is 26.8. The molecule has 12 aliphatic rings. The number of aromatic hydroxyl groups is 4. The van der Waals surface area contributed by atoms with Gasteiger partial charge in [-0.25, -0.2) is 34.7 Å². The number of phenolic OH excluding ortho intramolecular Hbond substituents is 4. The zero-order chi connectivity index (χ0) is 105. The van der Waals surface area contributed by atoms with E-state index in [2.05, 4.69) is 20.0 Å². The lowest BCUT2D eigenvalue weighted by molar-refractivity contribution is -0.377. The quantitative estimate of drug-likeness (QED) is 0.0463. The largest absolute Gasteiger partial charge is 0.508 e. The molecule has 52 nitrogen and oxygen atoms in total. The Morgan fingerprint density at radius 2 is 0.891 bits per heavy atom. The van der Waals surface area contributed by atoms with Gasteiger partial charge in [0.15, 0.2) is 90.5 Å². The number of phenols is 4. The molecule has 19 rings (SSSR count). The summed E-state index contributed by atoms with van der Waals surface area (Å²) < 4.78 is 100. The maximum absolute atomic E-state index is 14.9. The summed E-state index contributed by atoms with van der Waals surface area (Å²) in [6.07, 6.45) is -57.8. The van der Waals surface area contributed by atoms with E-state index in [0.29, 0.717) is 0 Å². The molecule has 6 saturated heterocycles. The molecular formula is C95H110N8O44. The Labute approximate surface area is 831 Å². The Balaban J connectivity index is 0.942. The van der Waals surface area contributed by atoms with Crippen LogP contribution in [0, 0.1) is 6.92 Å². The first-order valence-electron chi connectivity index (χ1n) is 46.2. The number of hydrogen-bond donors (Lipinski definition) is 29. The van der Waals surface area contributed by atoms with Crippen molar-refractivity contribution < 1.29 is 218 Å². The van der Waals surface area contributed by atoms with E-state index in [1.807, 2.05) is 0 Å². The van der Waals surface area contributed by atoms with Crippen LogP contribution >= 0.6 is 0 Å². The second kappa shape index (κ2) is 43.6. The van der Waals surface area contributed by atoms with Crippen molar-refractivity contribution in [3.63, 3.8) is 0 Å². The van der Waals surface area contributed by atoms with Gasteiger partial charge in [0.05, 0.1) is 51.8 Å². The molecule has 0 radical (unpaired) electrons. The molecule has 31 N–H and O–H groups in total. The van der Waals surface area contributed by atoms with Gasteiger partial charge in [-0.15, -0.1) is 0 Å². The molecule has 12 heterocycles.